The Kier molecular flexibility index (Phi) is 3.53. The summed E-state index contributed by atoms with van der Waals surface area (Å²) in [6.45, 7) is 4.13. The SMILES string of the molecule is Cc1c(Cl)cccc1-n1cnnc1C1CCNCC1. The summed E-state index contributed by atoms with van der Waals surface area (Å²) in [5, 5.41) is 12.6. The molecule has 1 aliphatic rings. The van der Waals surface area contributed by atoms with Crippen LogP contribution in [-0.2, 0) is 0 Å². The van der Waals surface area contributed by atoms with Gasteiger partial charge in [0, 0.05) is 10.9 Å². The van der Waals surface area contributed by atoms with Gasteiger partial charge in [-0.25, -0.2) is 0 Å². The molecule has 1 saturated heterocycles. The van der Waals surface area contributed by atoms with Gasteiger partial charge in [0.1, 0.15) is 12.2 Å². The molecule has 1 fully saturated rings. The third-order valence-electron chi connectivity index (χ3n) is 3.78. The minimum absolute atomic E-state index is 0.474. The molecule has 0 unspecified atom stereocenters. The standard InChI is InChI=1S/C14H17ClN4/c1-10-12(15)3-2-4-13(10)19-9-17-18-14(19)11-5-7-16-8-6-11/h2-4,9,11,16H,5-8H2,1H3. The molecule has 0 aliphatic carbocycles. The molecule has 4 nitrogen and oxygen atoms in total. The van der Waals surface area contributed by atoms with Crippen molar-refractivity contribution in [3.05, 3.63) is 40.9 Å². The first kappa shape index (κ1) is 12.6. The summed E-state index contributed by atoms with van der Waals surface area (Å²) < 4.78 is 2.08. The van der Waals surface area contributed by atoms with E-state index in [9.17, 15) is 0 Å². The molecule has 0 atom stereocenters. The second-order valence-corrected chi connectivity index (χ2v) is 5.37. The molecular weight excluding hydrogens is 260 g/mol. The lowest BCUT2D eigenvalue weighted by molar-refractivity contribution is 0.440. The zero-order chi connectivity index (χ0) is 13.2. The van der Waals surface area contributed by atoms with E-state index in [1.165, 1.54) is 0 Å². The lowest BCUT2D eigenvalue weighted by Gasteiger charge is -2.22. The van der Waals surface area contributed by atoms with Gasteiger partial charge in [0.05, 0.1) is 5.69 Å². The van der Waals surface area contributed by atoms with Gasteiger partial charge in [0.25, 0.3) is 0 Å². The van der Waals surface area contributed by atoms with Crippen LogP contribution in [0.5, 0.6) is 0 Å². The van der Waals surface area contributed by atoms with E-state index < -0.39 is 0 Å². The predicted molar refractivity (Wildman–Crippen MR) is 76.0 cm³/mol. The third-order valence-corrected chi connectivity index (χ3v) is 4.19. The summed E-state index contributed by atoms with van der Waals surface area (Å²) in [4.78, 5) is 0. The van der Waals surface area contributed by atoms with Crippen molar-refractivity contribution in [3.63, 3.8) is 0 Å². The Balaban J connectivity index is 2.01. The molecule has 0 bridgehead atoms. The number of piperidine rings is 1. The molecule has 1 aliphatic heterocycles. The van der Waals surface area contributed by atoms with Crippen molar-refractivity contribution in [1.29, 1.82) is 0 Å². The monoisotopic (exact) mass is 276 g/mol. The highest BCUT2D eigenvalue weighted by atomic mass is 35.5. The zero-order valence-electron chi connectivity index (χ0n) is 10.9. The first-order valence-corrected chi connectivity index (χ1v) is 7.01. The Morgan fingerprint density at radius 3 is 2.89 bits per heavy atom. The van der Waals surface area contributed by atoms with E-state index in [0.717, 1.165) is 48.0 Å². The molecule has 5 heteroatoms. The van der Waals surface area contributed by atoms with E-state index in [4.69, 9.17) is 11.6 Å². The lowest BCUT2D eigenvalue weighted by atomic mass is 9.97. The predicted octanol–water partition coefficient (Wildman–Crippen LogP) is 2.70. The number of rotatable bonds is 2. The van der Waals surface area contributed by atoms with Gasteiger partial charge < -0.3 is 5.32 Å². The fourth-order valence-electron chi connectivity index (χ4n) is 2.65. The van der Waals surface area contributed by atoms with Crippen LogP contribution in [0.3, 0.4) is 0 Å². The number of nitrogens with one attached hydrogen (secondary N) is 1. The fourth-order valence-corrected chi connectivity index (χ4v) is 2.81. The Labute approximate surface area is 117 Å². The van der Waals surface area contributed by atoms with Gasteiger partial charge in [-0.3, -0.25) is 4.57 Å². The van der Waals surface area contributed by atoms with Crippen molar-refractivity contribution in [2.75, 3.05) is 13.1 Å². The second kappa shape index (κ2) is 5.31. The van der Waals surface area contributed by atoms with E-state index in [1.807, 2.05) is 19.1 Å². The van der Waals surface area contributed by atoms with Crippen LogP contribution in [0.1, 0.15) is 30.1 Å². The summed E-state index contributed by atoms with van der Waals surface area (Å²) in [6, 6.07) is 5.95. The molecule has 2 aromatic rings. The normalized spacial score (nSPS) is 16.7. The minimum atomic E-state index is 0.474. The maximum Gasteiger partial charge on any atom is 0.140 e. The number of hydrogen-bond acceptors (Lipinski definition) is 3. The molecule has 19 heavy (non-hydrogen) atoms. The van der Waals surface area contributed by atoms with Gasteiger partial charge in [0.2, 0.25) is 0 Å². The van der Waals surface area contributed by atoms with Crippen molar-refractivity contribution in [3.8, 4) is 5.69 Å². The van der Waals surface area contributed by atoms with Gasteiger partial charge in [-0.05, 0) is 50.6 Å². The van der Waals surface area contributed by atoms with E-state index in [0.29, 0.717) is 5.92 Å². The lowest BCUT2D eigenvalue weighted by Crippen LogP contribution is -2.28. The first-order chi connectivity index (χ1) is 9.27. The Morgan fingerprint density at radius 1 is 1.32 bits per heavy atom. The van der Waals surface area contributed by atoms with Crippen molar-refractivity contribution in [2.45, 2.75) is 25.7 Å². The molecule has 0 saturated carbocycles. The zero-order valence-corrected chi connectivity index (χ0v) is 11.7. The first-order valence-electron chi connectivity index (χ1n) is 6.63. The highest BCUT2D eigenvalue weighted by Crippen LogP contribution is 2.28. The van der Waals surface area contributed by atoms with Crippen LogP contribution in [-0.4, -0.2) is 27.9 Å². The summed E-state index contributed by atoms with van der Waals surface area (Å²) in [7, 11) is 0. The largest absolute Gasteiger partial charge is 0.317 e. The topological polar surface area (TPSA) is 42.7 Å². The Bertz CT molecular complexity index is 573. The third kappa shape index (κ3) is 2.38. The Hall–Kier alpha value is -1.39. The molecule has 0 amide bonds. The molecule has 3 rings (SSSR count). The highest BCUT2D eigenvalue weighted by molar-refractivity contribution is 6.31. The highest BCUT2D eigenvalue weighted by Gasteiger charge is 2.21. The van der Waals surface area contributed by atoms with Crippen molar-refractivity contribution >= 4 is 11.6 Å². The number of halogens is 1. The van der Waals surface area contributed by atoms with Gasteiger partial charge >= 0.3 is 0 Å². The van der Waals surface area contributed by atoms with Crippen molar-refractivity contribution in [1.82, 2.24) is 20.1 Å². The smallest absolute Gasteiger partial charge is 0.140 e. The van der Waals surface area contributed by atoms with Gasteiger partial charge in [-0.15, -0.1) is 10.2 Å². The minimum Gasteiger partial charge on any atom is -0.317 e. The fraction of sp³-hybridized carbons (Fsp3) is 0.429. The summed E-state index contributed by atoms with van der Waals surface area (Å²) >= 11 is 6.20. The molecule has 0 radical (unpaired) electrons. The van der Waals surface area contributed by atoms with Crippen LogP contribution in [0.15, 0.2) is 24.5 Å². The maximum absolute atomic E-state index is 6.20. The number of nitrogens with zero attached hydrogens (tertiary/aromatic N) is 3. The van der Waals surface area contributed by atoms with Crippen LogP contribution in [0.2, 0.25) is 5.02 Å². The van der Waals surface area contributed by atoms with Crippen LogP contribution in [0.4, 0.5) is 0 Å². The molecule has 1 N–H and O–H groups in total. The van der Waals surface area contributed by atoms with Crippen LogP contribution >= 0.6 is 11.6 Å². The van der Waals surface area contributed by atoms with Crippen LogP contribution in [0.25, 0.3) is 5.69 Å². The molecular formula is C14H17ClN4. The van der Waals surface area contributed by atoms with Gasteiger partial charge in [0.15, 0.2) is 0 Å². The average molecular weight is 277 g/mol. The summed E-state index contributed by atoms with van der Waals surface area (Å²) in [5.74, 6) is 1.52. The second-order valence-electron chi connectivity index (χ2n) is 4.97. The number of hydrogen-bond donors (Lipinski definition) is 1. The van der Waals surface area contributed by atoms with E-state index >= 15 is 0 Å². The maximum atomic E-state index is 6.20. The van der Waals surface area contributed by atoms with Gasteiger partial charge in [-0.1, -0.05) is 17.7 Å². The summed E-state index contributed by atoms with van der Waals surface area (Å²) in [6.07, 6.45) is 4.01. The molecule has 1 aromatic heterocycles. The van der Waals surface area contributed by atoms with E-state index in [2.05, 4.69) is 26.1 Å². The van der Waals surface area contributed by atoms with Crippen LogP contribution in [0, 0.1) is 6.92 Å². The molecule has 0 spiro atoms. The van der Waals surface area contributed by atoms with Crippen LogP contribution < -0.4 is 5.32 Å². The molecule has 2 heterocycles. The van der Waals surface area contributed by atoms with Crippen molar-refractivity contribution in [2.24, 2.45) is 0 Å². The van der Waals surface area contributed by atoms with Crippen molar-refractivity contribution < 1.29 is 0 Å². The average Bonchev–Trinajstić information content (AvgIpc) is 2.92. The number of benzene rings is 1. The quantitative estimate of drug-likeness (QED) is 0.917. The van der Waals surface area contributed by atoms with Gasteiger partial charge in [-0.2, -0.15) is 0 Å². The van der Waals surface area contributed by atoms with E-state index in [-0.39, 0.29) is 0 Å². The van der Waals surface area contributed by atoms with E-state index in [1.54, 1.807) is 6.33 Å². The Morgan fingerprint density at radius 2 is 2.11 bits per heavy atom. The number of aromatic nitrogens is 3. The summed E-state index contributed by atoms with van der Waals surface area (Å²) in [5.41, 5.74) is 2.14. The molecule has 100 valence electrons. The molecule has 1 aromatic carbocycles.